The van der Waals surface area contributed by atoms with Crippen molar-refractivity contribution in [1.82, 2.24) is 10.2 Å². The SMILES string of the molecule is CCC(C)[C@H](c1cc(OC)c(OC)cc1F)N1CCNCC1.Cl.Cl. The average molecular weight is 383 g/mol. The van der Waals surface area contributed by atoms with Gasteiger partial charge in [-0.2, -0.15) is 0 Å². The number of piperazine rings is 1. The first kappa shape index (κ1) is 23.2. The minimum Gasteiger partial charge on any atom is -0.493 e. The van der Waals surface area contributed by atoms with E-state index in [0.717, 1.165) is 32.6 Å². The molecule has 0 saturated carbocycles. The summed E-state index contributed by atoms with van der Waals surface area (Å²) in [6.07, 6.45) is 1.00. The minimum atomic E-state index is -0.221. The molecule has 1 saturated heterocycles. The first-order chi connectivity index (χ1) is 10.6. The van der Waals surface area contributed by atoms with Gasteiger partial charge in [-0.1, -0.05) is 20.3 Å². The Hall–Kier alpha value is -0.750. The maximum absolute atomic E-state index is 14.7. The van der Waals surface area contributed by atoms with Crippen molar-refractivity contribution in [2.75, 3.05) is 40.4 Å². The van der Waals surface area contributed by atoms with E-state index >= 15 is 0 Å². The topological polar surface area (TPSA) is 33.7 Å². The molecule has 0 aromatic heterocycles. The van der Waals surface area contributed by atoms with E-state index in [9.17, 15) is 4.39 Å². The highest BCUT2D eigenvalue weighted by molar-refractivity contribution is 5.85. The second-order valence-electron chi connectivity index (χ2n) is 5.85. The van der Waals surface area contributed by atoms with Crippen LogP contribution < -0.4 is 14.8 Å². The molecule has 1 unspecified atom stereocenters. The molecule has 1 heterocycles. The predicted molar refractivity (Wildman–Crippen MR) is 101 cm³/mol. The second kappa shape index (κ2) is 11.0. The van der Waals surface area contributed by atoms with Crippen LogP contribution in [0, 0.1) is 11.7 Å². The number of hydrogen-bond acceptors (Lipinski definition) is 4. The van der Waals surface area contributed by atoms with Gasteiger partial charge in [-0.25, -0.2) is 4.39 Å². The number of halogens is 3. The van der Waals surface area contributed by atoms with Gasteiger partial charge in [-0.3, -0.25) is 4.90 Å². The summed E-state index contributed by atoms with van der Waals surface area (Å²) in [6, 6.07) is 3.30. The van der Waals surface area contributed by atoms with Crippen LogP contribution in [0.4, 0.5) is 4.39 Å². The molecule has 1 aliphatic heterocycles. The number of nitrogens with one attached hydrogen (secondary N) is 1. The van der Waals surface area contributed by atoms with Crippen LogP contribution in [0.5, 0.6) is 11.5 Å². The predicted octanol–water partition coefficient (Wildman–Crippen LogP) is 3.68. The van der Waals surface area contributed by atoms with E-state index in [1.807, 2.05) is 0 Å². The number of ether oxygens (including phenoxy) is 2. The third kappa shape index (κ3) is 5.12. The number of methoxy groups -OCH3 is 2. The third-order valence-electron chi connectivity index (χ3n) is 4.55. The number of hydrogen-bond donors (Lipinski definition) is 1. The summed E-state index contributed by atoms with van der Waals surface area (Å²) in [5, 5.41) is 3.35. The van der Waals surface area contributed by atoms with Crippen LogP contribution >= 0.6 is 24.8 Å². The molecule has 4 nitrogen and oxygen atoms in total. The van der Waals surface area contributed by atoms with Crippen LogP contribution in [-0.4, -0.2) is 45.3 Å². The largest absolute Gasteiger partial charge is 0.493 e. The van der Waals surface area contributed by atoms with Crippen molar-refractivity contribution < 1.29 is 13.9 Å². The first-order valence-corrected chi connectivity index (χ1v) is 7.98. The van der Waals surface area contributed by atoms with E-state index < -0.39 is 0 Å². The maximum atomic E-state index is 14.7. The van der Waals surface area contributed by atoms with Gasteiger partial charge in [-0.15, -0.1) is 24.8 Å². The molecule has 0 radical (unpaired) electrons. The summed E-state index contributed by atoms with van der Waals surface area (Å²) < 4.78 is 25.2. The highest BCUT2D eigenvalue weighted by Crippen LogP contribution is 2.38. The molecule has 0 aliphatic carbocycles. The lowest BCUT2D eigenvalue weighted by Crippen LogP contribution is -2.46. The van der Waals surface area contributed by atoms with Gasteiger partial charge in [0.1, 0.15) is 5.82 Å². The van der Waals surface area contributed by atoms with E-state index in [1.165, 1.54) is 13.2 Å². The highest BCUT2D eigenvalue weighted by atomic mass is 35.5. The van der Waals surface area contributed by atoms with Crippen molar-refractivity contribution in [2.24, 2.45) is 5.92 Å². The molecule has 2 atom stereocenters. The molecule has 0 bridgehead atoms. The quantitative estimate of drug-likeness (QED) is 0.813. The minimum absolute atomic E-state index is 0. The normalized spacial score (nSPS) is 17.2. The fourth-order valence-electron chi connectivity index (χ4n) is 3.14. The maximum Gasteiger partial charge on any atom is 0.163 e. The molecule has 0 amide bonds. The fraction of sp³-hybridized carbons (Fsp3) is 0.647. The van der Waals surface area contributed by atoms with Gasteiger partial charge in [0.15, 0.2) is 11.5 Å². The van der Waals surface area contributed by atoms with Crippen molar-refractivity contribution in [3.63, 3.8) is 0 Å². The van der Waals surface area contributed by atoms with Crippen LogP contribution in [0.25, 0.3) is 0 Å². The Labute approximate surface area is 156 Å². The molecule has 1 N–H and O–H groups in total. The Bertz CT molecular complexity index is 500. The molecular formula is C17H29Cl2FN2O2. The molecule has 140 valence electrons. The summed E-state index contributed by atoms with van der Waals surface area (Å²) >= 11 is 0. The third-order valence-corrected chi connectivity index (χ3v) is 4.55. The van der Waals surface area contributed by atoms with Crippen LogP contribution in [0.2, 0.25) is 0 Å². The first-order valence-electron chi connectivity index (χ1n) is 7.98. The molecular weight excluding hydrogens is 354 g/mol. The molecule has 1 aliphatic rings. The molecule has 0 spiro atoms. The summed E-state index contributed by atoms with van der Waals surface area (Å²) in [4.78, 5) is 2.37. The Morgan fingerprint density at radius 2 is 1.67 bits per heavy atom. The van der Waals surface area contributed by atoms with E-state index in [0.29, 0.717) is 23.0 Å². The van der Waals surface area contributed by atoms with E-state index in [2.05, 4.69) is 24.1 Å². The number of nitrogens with zero attached hydrogens (tertiary/aromatic N) is 1. The van der Waals surface area contributed by atoms with Gasteiger partial charge in [-0.05, 0) is 12.0 Å². The van der Waals surface area contributed by atoms with Gasteiger partial charge < -0.3 is 14.8 Å². The van der Waals surface area contributed by atoms with Gasteiger partial charge in [0, 0.05) is 43.9 Å². The lowest BCUT2D eigenvalue weighted by molar-refractivity contribution is 0.125. The second-order valence-corrected chi connectivity index (χ2v) is 5.85. The highest BCUT2D eigenvalue weighted by Gasteiger charge is 2.29. The van der Waals surface area contributed by atoms with Crippen LogP contribution in [0.3, 0.4) is 0 Å². The summed E-state index contributed by atoms with van der Waals surface area (Å²) in [5.74, 6) is 1.17. The molecule has 2 rings (SSSR count). The monoisotopic (exact) mass is 382 g/mol. The van der Waals surface area contributed by atoms with Crippen molar-refractivity contribution in [1.29, 1.82) is 0 Å². The smallest absolute Gasteiger partial charge is 0.163 e. The summed E-state index contributed by atoms with van der Waals surface area (Å²) in [5.41, 5.74) is 0.703. The Balaban J connectivity index is 0.00000264. The molecule has 1 fully saturated rings. The van der Waals surface area contributed by atoms with Crippen molar-refractivity contribution in [2.45, 2.75) is 26.3 Å². The van der Waals surface area contributed by atoms with Gasteiger partial charge in [0.2, 0.25) is 0 Å². The Morgan fingerprint density at radius 1 is 1.12 bits per heavy atom. The zero-order valence-corrected chi connectivity index (χ0v) is 16.4. The van der Waals surface area contributed by atoms with E-state index in [1.54, 1.807) is 13.2 Å². The molecule has 7 heteroatoms. The van der Waals surface area contributed by atoms with Gasteiger partial charge >= 0.3 is 0 Å². The van der Waals surface area contributed by atoms with Crippen molar-refractivity contribution in [3.8, 4) is 11.5 Å². The van der Waals surface area contributed by atoms with Gasteiger partial charge in [0.05, 0.1) is 14.2 Å². The van der Waals surface area contributed by atoms with Crippen molar-refractivity contribution >= 4 is 24.8 Å². The number of rotatable bonds is 6. The van der Waals surface area contributed by atoms with Crippen molar-refractivity contribution in [3.05, 3.63) is 23.5 Å². The van der Waals surface area contributed by atoms with Crippen LogP contribution in [0.1, 0.15) is 31.9 Å². The number of benzene rings is 1. The zero-order chi connectivity index (χ0) is 16.1. The lowest BCUT2D eigenvalue weighted by Gasteiger charge is -2.38. The Kier molecular flexibility index (Phi) is 10.6. The Morgan fingerprint density at radius 3 is 2.17 bits per heavy atom. The summed E-state index contributed by atoms with van der Waals surface area (Å²) in [6.45, 7) is 8.09. The van der Waals surface area contributed by atoms with E-state index in [-0.39, 0.29) is 36.7 Å². The van der Waals surface area contributed by atoms with Crippen LogP contribution in [-0.2, 0) is 0 Å². The zero-order valence-electron chi connectivity index (χ0n) is 14.8. The summed E-state index contributed by atoms with van der Waals surface area (Å²) in [7, 11) is 3.11. The lowest BCUT2D eigenvalue weighted by atomic mass is 9.90. The van der Waals surface area contributed by atoms with Gasteiger partial charge in [0.25, 0.3) is 0 Å². The molecule has 1 aromatic rings. The average Bonchev–Trinajstić information content (AvgIpc) is 2.56. The molecule has 24 heavy (non-hydrogen) atoms. The fourth-order valence-corrected chi connectivity index (χ4v) is 3.14. The standard InChI is InChI=1S/C17H27FN2O2.2ClH/c1-5-12(2)17(20-8-6-19-7-9-20)13-10-15(21-3)16(22-4)11-14(13)18;;/h10-12,17,19H,5-9H2,1-4H3;2*1H/t12?,17-;;/m1../s1. The van der Waals surface area contributed by atoms with Crippen LogP contribution in [0.15, 0.2) is 12.1 Å². The van der Waals surface area contributed by atoms with E-state index in [4.69, 9.17) is 9.47 Å². The molecule has 1 aromatic carbocycles.